The molecule has 0 spiro atoms. The third-order valence-corrected chi connectivity index (χ3v) is 10.4. The van der Waals surface area contributed by atoms with E-state index in [1.165, 1.54) is 38.2 Å². The first-order valence-corrected chi connectivity index (χ1v) is 12.0. The Morgan fingerprint density at radius 2 is 1.11 bits per heavy atom. The maximum Gasteiger partial charge on any atom is 0.0382 e. The summed E-state index contributed by atoms with van der Waals surface area (Å²) in [6.07, 6.45) is 0.972. The Labute approximate surface area is 165 Å². The van der Waals surface area contributed by atoms with E-state index in [4.69, 9.17) is 11.8 Å². The van der Waals surface area contributed by atoms with Crippen molar-refractivity contribution in [3.8, 4) is 11.1 Å². The van der Waals surface area contributed by atoms with Crippen molar-refractivity contribution in [1.82, 2.24) is 0 Å². The van der Waals surface area contributed by atoms with E-state index < -0.39 is 6.04 Å². The van der Waals surface area contributed by atoms with Gasteiger partial charge in [0.2, 0.25) is 0 Å². The van der Waals surface area contributed by atoms with Crippen molar-refractivity contribution in [2.45, 2.75) is 6.42 Å². The molecule has 5 rings (SSSR count). The maximum atomic E-state index is 6.56. The van der Waals surface area contributed by atoms with E-state index in [2.05, 4.69) is 103 Å². The van der Waals surface area contributed by atoms with E-state index >= 15 is 0 Å². The Bertz CT molecular complexity index is 1120. The van der Waals surface area contributed by atoms with Crippen LogP contribution in [0.3, 0.4) is 0 Å². The molecule has 0 amide bonds. The van der Waals surface area contributed by atoms with Crippen LogP contribution in [0.2, 0.25) is 0 Å². The van der Waals surface area contributed by atoms with Gasteiger partial charge in [-0.05, 0) is 44.6 Å². The highest BCUT2D eigenvalue weighted by atomic mass is 32.4. The van der Waals surface area contributed by atoms with Crippen LogP contribution in [-0.2, 0) is 18.2 Å². The molecule has 0 heterocycles. The first-order valence-electron chi connectivity index (χ1n) is 9.20. The average molecular weight is 382 g/mol. The quantitative estimate of drug-likeness (QED) is 0.395. The summed E-state index contributed by atoms with van der Waals surface area (Å²) in [6.45, 7) is 0. The molecular weight excluding hydrogens is 363 g/mol. The molecule has 2 heteroatoms. The Morgan fingerprint density at radius 3 is 1.78 bits per heavy atom. The van der Waals surface area contributed by atoms with E-state index in [1.54, 1.807) is 0 Å². The van der Waals surface area contributed by atoms with Crippen molar-refractivity contribution in [1.29, 1.82) is 0 Å². The van der Waals surface area contributed by atoms with Gasteiger partial charge >= 0.3 is 0 Å². The van der Waals surface area contributed by atoms with Crippen LogP contribution in [0.1, 0.15) is 11.1 Å². The lowest BCUT2D eigenvalue weighted by Crippen LogP contribution is -2.27. The summed E-state index contributed by atoms with van der Waals surface area (Å²) >= 11 is 6.56. The van der Waals surface area contributed by atoms with E-state index in [0.29, 0.717) is 0 Å². The van der Waals surface area contributed by atoms with Gasteiger partial charge in [0.1, 0.15) is 0 Å². The molecule has 0 bridgehead atoms. The van der Waals surface area contributed by atoms with Crippen LogP contribution in [0.15, 0.2) is 103 Å². The van der Waals surface area contributed by atoms with Gasteiger partial charge in [-0.25, -0.2) is 0 Å². The fourth-order valence-electron chi connectivity index (χ4n) is 4.14. The summed E-state index contributed by atoms with van der Waals surface area (Å²) < 4.78 is 0. The number of fused-ring (bicyclic) bond motifs is 3. The van der Waals surface area contributed by atoms with Gasteiger partial charge in [-0.15, -0.1) is 0 Å². The zero-order valence-corrected chi connectivity index (χ0v) is 16.6. The van der Waals surface area contributed by atoms with Crippen LogP contribution in [-0.4, -0.2) is 0 Å². The molecular formula is C25H19PS. The van der Waals surface area contributed by atoms with Crippen molar-refractivity contribution in [3.05, 3.63) is 114 Å². The maximum absolute atomic E-state index is 6.56. The Kier molecular flexibility index (Phi) is 4.08. The topological polar surface area (TPSA) is 0 Å². The average Bonchev–Trinajstić information content (AvgIpc) is 3.13. The molecule has 0 aromatic heterocycles. The normalized spacial score (nSPS) is 12.4. The summed E-state index contributed by atoms with van der Waals surface area (Å²) in [5.41, 5.74) is 5.53. The summed E-state index contributed by atoms with van der Waals surface area (Å²) in [7, 11) is 0. The van der Waals surface area contributed by atoms with Crippen molar-refractivity contribution >= 4 is 33.8 Å². The van der Waals surface area contributed by atoms with Gasteiger partial charge in [0.25, 0.3) is 0 Å². The van der Waals surface area contributed by atoms with Gasteiger partial charge in [0, 0.05) is 6.04 Å². The van der Waals surface area contributed by atoms with E-state index in [1.807, 2.05) is 0 Å². The van der Waals surface area contributed by atoms with Crippen LogP contribution in [0.4, 0.5) is 0 Å². The second-order valence-electron chi connectivity index (χ2n) is 6.92. The Morgan fingerprint density at radius 1 is 0.556 bits per heavy atom. The minimum atomic E-state index is -2.11. The fourth-order valence-corrected chi connectivity index (χ4v) is 8.30. The first-order chi connectivity index (χ1) is 13.3. The molecule has 1 aliphatic rings. The standard InChI is InChI=1S/C25H19PS/c27-26(20-11-3-1-4-12-20,21-13-5-2-6-14-21)25-17-9-16-23-22-15-8-7-10-19(22)18-24(23)25/h1-17H,18H2. The van der Waals surface area contributed by atoms with Gasteiger partial charge in [-0.3, -0.25) is 0 Å². The largest absolute Gasteiger partial charge is 0.0826 e. The third kappa shape index (κ3) is 2.62. The summed E-state index contributed by atoms with van der Waals surface area (Å²) in [6, 6.07) is 34.7. The van der Waals surface area contributed by atoms with E-state index in [0.717, 1.165) is 6.42 Å². The molecule has 0 radical (unpaired) electrons. The van der Waals surface area contributed by atoms with Crippen molar-refractivity contribution < 1.29 is 0 Å². The van der Waals surface area contributed by atoms with Gasteiger partial charge in [0.15, 0.2) is 0 Å². The van der Waals surface area contributed by atoms with E-state index in [9.17, 15) is 0 Å². The van der Waals surface area contributed by atoms with Crippen LogP contribution < -0.4 is 15.9 Å². The minimum Gasteiger partial charge on any atom is -0.0826 e. The summed E-state index contributed by atoms with van der Waals surface area (Å²) in [4.78, 5) is 0. The number of hydrogen-bond donors (Lipinski definition) is 0. The molecule has 0 fully saturated rings. The molecule has 0 saturated heterocycles. The predicted octanol–water partition coefficient (Wildman–Crippen LogP) is 5.01. The third-order valence-electron chi connectivity index (χ3n) is 5.40. The molecule has 0 unspecified atom stereocenters. The zero-order valence-electron chi connectivity index (χ0n) is 14.9. The Balaban J connectivity index is 1.80. The van der Waals surface area contributed by atoms with Crippen molar-refractivity contribution in [2.24, 2.45) is 0 Å². The molecule has 1 aliphatic carbocycles. The van der Waals surface area contributed by atoms with Crippen molar-refractivity contribution in [2.75, 3.05) is 0 Å². The molecule has 27 heavy (non-hydrogen) atoms. The molecule has 0 atom stereocenters. The van der Waals surface area contributed by atoms with Gasteiger partial charge in [0.05, 0.1) is 0 Å². The second kappa shape index (κ2) is 6.60. The van der Waals surface area contributed by atoms with Gasteiger partial charge in [-0.2, -0.15) is 0 Å². The zero-order chi connectivity index (χ0) is 18.3. The molecule has 0 saturated carbocycles. The lowest BCUT2D eigenvalue weighted by atomic mass is 10.1. The molecule has 0 nitrogen and oxygen atoms in total. The molecule has 130 valence electrons. The van der Waals surface area contributed by atoms with Crippen LogP contribution in [0, 0.1) is 0 Å². The molecule has 0 N–H and O–H groups in total. The van der Waals surface area contributed by atoms with E-state index in [-0.39, 0.29) is 0 Å². The highest BCUT2D eigenvalue weighted by Crippen LogP contribution is 2.47. The highest BCUT2D eigenvalue weighted by Gasteiger charge is 2.30. The monoisotopic (exact) mass is 382 g/mol. The summed E-state index contributed by atoms with van der Waals surface area (Å²) in [5.74, 6) is 0. The number of rotatable bonds is 3. The van der Waals surface area contributed by atoms with Crippen LogP contribution in [0.5, 0.6) is 0 Å². The van der Waals surface area contributed by atoms with Gasteiger partial charge in [-0.1, -0.05) is 115 Å². The lowest BCUT2D eigenvalue weighted by Gasteiger charge is -2.26. The number of benzene rings is 4. The first kappa shape index (κ1) is 16.7. The number of hydrogen-bond acceptors (Lipinski definition) is 1. The van der Waals surface area contributed by atoms with Crippen LogP contribution in [0.25, 0.3) is 11.1 Å². The molecule has 4 aromatic carbocycles. The Hall–Kier alpha value is -2.47. The fraction of sp³-hybridized carbons (Fsp3) is 0.0400. The molecule has 4 aromatic rings. The van der Waals surface area contributed by atoms with Crippen molar-refractivity contribution in [3.63, 3.8) is 0 Å². The predicted molar refractivity (Wildman–Crippen MR) is 121 cm³/mol. The SMILES string of the molecule is S=P(c1ccccc1)(c1ccccc1)c1cccc2c1Cc1ccccc1-2. The second-order valence-corrected chi connectivity index (χ2v) is 11.3. The summed E-state index contributed by atoms with van der Waals surface area (Å²) in [5, 5.41) is 3.86. The smallest absolute Gasteiger partial charge is 0.0382 e. The van der Waals surface area contributed by atoms with Gasteiger partial charge < -0.3 is 0 Å². The highest BCUT2D eigenvalue weighted by molar-refractivity contribution is 8.25. The molecule has 0 aliphatic heterocycles. The van der Waals surface area contributed by atoms with Crippen LogP contribution >= 0.6 is 6.04 Å². The minimum absolute atomic E-state index is 0.972. The lowest BCUT2D eigenvalue weighted by molar-refractivity contribution is 1.28.